The van der Waals surface area contributed by atoms with E-state index in [2.05, 4.69) is 20.4 Å². The van der Waals surface area contributed by atoms with Crippen molar-refractivity contribution in [3.8, 4) is 5.69 Å². The number of amides is 1. The van der Waals surface area contributed by atoms with Crippen molar-refractivity contribution in [2.45, 2.75) is 20.0 Å². The Hall–Kier alpha value is -3.27. The number of anilines is 2. The summed E-state index contributed by atoms with van der Waals surface area (Å²) < 4.78 is 15.1. The molecule has 8 nitrogen and oxygen atoms in total. The molecule has 4 rings (SSSR count). The van der Waals surface area contributed by atoms with Crippen LogP contribution in [0.1, 0.15) is 23.2 Å². The fourth-order valence-electron chi connectivity index (χ4n) is 3.32. The van der Waals surface area contributed by atoms with Crippen LogP contribution in [0, 0.1) is 19.7 Å². The van der Waals surface area contributed by atoms with Crippen molar-refractivity contribution in [2.75, 3.05) is 11.1 Å². The van der Waals surface area contributed by atoms with Gasteiger partial charge in [0, 0.05) is 10.7 Å². The number of nitrogens with two attached hydrogens (primary N) is 1. The predicted octanol–water partition coefficient (Wildman–Crippen LogP) is 4.13. The number of halogens is 3. The standard InChI is InChI=1S/C21H17Cl2FN6O2/c1-9-17-18(20(25)27-10(2)26-17)30(29-9)16-4-3-14(8-15(16)23)28-21(32)19(31)11-5-12(22)7-13(24)6-11/h3-8,19,31H,1-2H3,(H,28,32)(H2,25,26,27)/t19-/m1/s1. The smallest absolute Gasteiger partial charge is 0.257 e. The highest BCUT2D eigenvalue weighted by molar-refractivity contribution is 6.33. The molecule has 0 bridgehead atoms. The lowest BCUT2D eigenvalue weighted by molar-refractivity contribution is -0.124. The van der Waals surface area contributed by atoms with Gasteiger partial charge in [0.05, 0.1) is 16.4 Å². The van der Waals surface area contributed by atoms with Gasteiger partial charge in [-0.2, -0.15) is 5.10 Å². The number of nitrogens with one attached hydrogen (secondary N) is 1. The Morgan fingerprint density at radius 1 is 1.19 bits per heavy atom. The summed E-state index contributed by atoms with van der Waals surface area (Å²) in [5.74, 6) is -0.644. The Labute approximate surface area is 191 Å². The van der Waals surface area contributed by atoms with Crippen LogP contribution in [0.2, 0.25) is 10.0 Å². The average Bonchev–Trinajstić information content (AvgIpc) is 3.03. The molecule has 4 N–H and O–H groups in total. The Morgan fingerprint density at radius 3 is 2.62 bits per heavy atom. The van der Waals surface area contributed by atoms with Crippen LogP contribution in [0.4, 0.5) is 15.9 Å². The van der Waals surface area contributed by atoms with Crippen LogP contribution in [-0.2, 0) is 4.79 Å². The number of benzene rings is 2. The van der Waals surface area contributed by atoms with E-state index in [4.69, 9.17) is 28.9 Å². The van der Waals surface area contributed by atoms with Gasteiger partial charge in [-0.3, -0.25) is 4.79 Å². The number of carbonyl (C=O) groups excluding carboxylic acids is 1. The van der Waals surface area contributed by atoms with E-state index in [-0.39, 0.29) is 21.4 Å². The van der Waals surface area contributed by atoms with Crippen molar-refractivity contribution in [1.82, 2.24) is 19.7 Å². The second kappa shape index (κ2) is 8.34. The van der Waals surface area contributed by atoms with Gasteiger partial charge in [-0.15, -0.1) is 0 Å². The van der Waals surface area contributed by atoms with Gasteiger partial charge in [0.2, 0.25) is 0 Å². The lowest BCUT2D eigenvalue weighted by Crippen LogP contribution is -2.21. The molecule has 0 aliphatic rings. The molecule has 0 unspecified atom stereocenters. The first-order valence-electron chi connectivity index (χ1n) is 9.38. The number of nitrogen functional groups attached to an aromatic ring is 1. The van der Waals surface area contributed by atoms with Crippen LogP contribution in [0.3, 0.4) is 0 Å². The third-order valence-electron chi connectivity index (χ3n) is 4.72. The number of aromatic nitrogens is 4. The number of aliphatic hydroxyl groups is 1. The molecular weight excluding hydrogens is 458 g/mol. The van der Waals surface area contributed by atoms with Crippen molar-refractivity contribution in [3.63, 3.8) is 0 Å². The molecular formula is C21H17Cl2FN6O2. The van der Waals surface area contributed by atoms with Crippen molar-refractivity contribution in [1.29, 1.82) is 0 Å². The summed E-state index contributed by atoms with van der Waals surface area (Å²) in [6.45, 7) is 3.54. The molecule has 0 saturated carbocycles. The van der Waals surface area contributed by atoms with E-state index in [0.29, 0.717) is 33.9 Å². The normalized spacial score (nSPS) is 12.2. The van der Waals surface area contributed by atoms with Crippen molar-refractivity contribution in [3.05, 3.63) is 69.3 Å². The van der Waals surface area contributed by atoms with E-state index in [1.54, 1.807) is 26.0 Å². The second-order valence-corrected chi connectivity index (χ2v) is 7.95. The molecule has 2 aromatic heterocycles. The van der Waals surface area contributed by atoms with Gasteiger partial charge in [0.25, 0.3) is 5.91 Å². The van der Waals surface area contributed by atoms with Gasteiger partial charge < -0.3 is 16.2 Å². The first-order valence-corrected chi connectivity index (χ1v) is 10.1. The lowest BCUT2D eigenvalue weighted by atomic mass is 10.1. The van der Waals surface area contributed by atoms with Gasteiger partial charge >= 0.3 is 0 Å². The fourth-order valence-corrected chi connectivity index (χ4v) is 3.81. The molecule has 1 atom stereocenters. The lowest BCUT2D eigenvalue weighted by Gasteiger charge is -2.14. The maximum Gasteiger partial charge on any atom is 0.257 e. The molecule has 0 spiro atoms. The van der Waals surface area contributed by atoms with Gasteiger partial charge in [-0.1, -0.05) is 23.2 Å². The number of rotatable bonds is 4. The topological polar surface area (TPSA) is 119 Å². The quantitative estimate of drug-likeness (QED) is 0.409. The van der Waals surface area contributed by atoms with E-state index in [1.807, 2.05) is 0 Å². The van der Waals surface area contributed by atoms with E-state index in [9.17, 15) is 14.3 Å². The average molecular weight is 475 g/mol. The van der Waals surface area contributed by atoms with Crippen LogP contribution >= 0.6 is 23.2 Å². The van der Waals surface area contributed by atoms with E-state index in [0.717, 1.165) is 12.1 Å². The zero-order valence-corrected chi connectivity index (χ0v) is 18.4. The van der Waals surface area contributed by atoms with Crippen LogP contribution < -0.4 is 11.1 Å². The van der Waals surface area contributed by atoms with Crippen LogP contribution in [0.15, 0.2) is 36.4 Å². The highest BCUT2D eigenvalue weighted by atomic mass is 35.5. The summed E-state index contributed by atoms with van der Waals surface area (Å²) in [6.07, 6.45) is -1.63. The molecule has 0 aliphatic carbocycles. The molecule has 0 aliphatic heterocycles. The number of hydrogen-bond acceptors (Lipinski definition) is 6. The second-order valence-electron chi connectivity index (χ2n) is 7.11. The van der Waals surface area contributed by atoms with Crippen LogP contribution in [0.25, 0.3) is 16.7 Å². The molecule has 0 saturated heterocycles. The highest BCUT2D eigenvalue weighted by Gasteiger charge is 2.21. The molecule has 11 heteroatoms. The van der Waals surface area contributed by atoms with Gasteiger partial charge in [-0.25, -0.2) is 19.0 Å². The molecule has 0 radical (unpaired) electrons. The number of aryl methyl sites for hydroxylation is 2. The monoisotopic (exact) mass is 474 g/mol. The number of aliphatic hydroxyl groups excluding tert-OH is 1. The molecule has 1 amide bonds. The molecule has 0 fully saturated rings. The number of nitrogens with zero attached hydrogens (tertiary/aromatic N) is 4. The van der Waals surface area contributed by atoms with Crippen molar-refractivity contribution < 1.29 is 14.3 Å². The molecule has 32 heavy (non-hydrogen) atoms. The molecule has 2 heterocycles. The Bertz CT molecular complexity index is 1350. The zero-order valence-electron chi connectivity index (χ0n) is 16.9. The minimum absolute atomic E-state index is 0.0273. The maximum absolute atomic E-state index is 13.5. The summed E-state index contributed by atoms with van der Waals surface area (Å²) in [7, 11) is 0. The Kier molecular flexibility index (Phi) is 5.72. The van der Waals surface area contributed by atoms with E-state index >= 15 is 0 Å². The minimum Gasteiger partial charge on any atom is -0.382 e. The molecule has 4 aromatic rings. The summed E-state index contributed by atoms with van der Waals surface area (Å²) in [5.41, 5.74) is 8.72. The summed E-state index contributed by atoms with van der Waals surface area (Å²) in [5, 5.41) is 17.6. The zero-order chi connectivity index (χ0) is 23.2. The number of hydrogen-bond donors (Lipinski definition) is 3. The SMILES string of the molecule is Cc1nc(N)c2c(n1)c(C)nn2-c1ccc(NC(=O)[C@H](O)c2cc(F)cc(Cl)c2)cc1Cl. The van der Waals surface area contributed by atoms with Gasteiger partial charge in [0.15, 0.2) is 11.9 Å². The maximum atomic E-state index is 13.5. The van der Waals surface area contributed by atoms with Crippen LogP contribution in [-0.4, -0.2) is 30.8 Å². The molecule has 164 valence electrons. The first kappa shape index (κ1) is 21.9. The first-order chi connectivity index (χ1) is 15.1. The summed E-state index contributed by atoms with van der Waals surface area (Å²) in [4.78, 5) is 21.0. The van der Waals surface area contributed by atoms with Crippen LogP contribution in [0.5, 0.6) is 0 Å². The summed E-state index contributed by atoms with van der Waals surface area (Å²) >= 11 is 12.2. The van der Waals surface area contributed by atoms with Gasteiger partial charge in [0.1, 0.15) is 22.7 Å². The Morgan fingerprint density at radius 2 is 1.94 bits per heavy atom. The Balaban J connectivity index is 1.63. The third kappa shape index (κ3) is 4.10. The third-order valence-corrected chi connectivity index (χ3v) is 5.24. The van der Waals surface area contributed by atoms with Crippen molar-refractivity contribution >= 4 is 51.6 Å². The minimum atomic E-state index is -1.63. The fraction of sp³-hybridized carbons (Fsp3) is 0.143. The van der Waals surface area contributed by atoms with E-state index < -0.39 is 17.8 Å². The summed E-state index contributed by atoms with van der Waals surface area (Å²) in [6, 6.07) is 8.13. The van der Waals surface area contributed by atoms with Crippen molar-refractivity contribution in [2.24, 2.45) is 0 Å². The number of carbonyl (C=O) groups is 1. The largest absolute Gasteiger partial charge is 0.382 e. The number of fused-ring (bicyclic) bond motifs is 1. The molecule has 2 aromatic carbocycles. The predicted molar refractivity (Wildman–Crippen MR) is 121 cm³/mol. The highest BCUT2D eigenvalue weighted by Crippen LogP contribution is 2.30. The van der Waals surface area contributed by atoms with Gasteiger partial charge in [-0.05, 0) is 55.8 Å². The van der Waals surface area contributed by atoms with E-state index in [1.165, 1.54) is 16.8 Å².